The van der Waals surface area contributed by atoms with E-state index < -0.39 is 18.8 Å². The van der Waals surface area contributed by atoms with Gasteiger partial charge in [-0.05, 0) is 18.2 Å². The molecule has 0 amide bonds. The summed E-state index contributed by atoms with van der Waals surface area (Å²) in [5.41, 5.74) is 1.50. The summed E-state index contributed by atoms with van der Waals surface area (Å²) in [6.45, 7) is -2.97. The number of hydrogen-bond acceptors (Lipinski definition) is 4. The molecular formula is C16H12ClF3N4O. The lowest BCUT2D eigenvalue weighted by Gasteiger charge is -2.27. The van der Waals surface area contributed by atoms with Gasteiger partial charge in [-0.3, -0.25) is 0 Å². The third-order valence-corrected chi connectivity index (χ3v) is 4.23. The van der Waals surface area contributed by atoms with Crippen LogP contribution < -0.4 is 10.1 Å². The second-order valence-corrected chi connectivity index (χ2v) is 5.92. The molecule has 1 N–H and O–H groups in total. The third kappa shape index (κ3) is 2.81. The molecule has 0 saturated heterocycles. The molecule has 25 heavy (non-hydrogen) atoms. The Morgan fingerprint density at radius 1 is 1.24 bits per heavy atom. The highest BCUT2D eigenvalue weighted by Gasteiger charge is 2.35. The first-order valence-corrected chi connectivity index (χ1v) is 7.88. The van der Waals surface area contributed by atoms with Gasteiger partial charge in [0.2, 0.25) is 0 Å². The fourth-order valence-corrected chi connectivity index (χ4v) is 3.18. The van der Waals surface area contributed by atoms with E-state index in [1.54, 1.807) is 30.3 Å². The minimum atomic E-state index is -2.96. The Kier molecular flexibility index (Phi) is 4.01. The van der Waals surface area contributed by atoms with Gasteiger partial charge in [0.15, 0.2) is 11.8 Å². The van der Waals surface area contributed by atoms with Crippen LogP contribution in [0.15, 0.2) is 36.4 Å². The largest absolute Gasteiger partial charge is 0.434 e. The van der Waals surface area contributed by atoms with Gasteiger partial charge < -0.3 is 10.1 Å². The van der Waals surface area contributed by atoms with Crippen molar-refractivity contribution < 1.29 is 17.9 Å². The molecule has 5 nitrogen and oxygen atoms in total. The van der Waals surface area contributed by atoms with Crippen molar-refractivity contribution in [3.8, 4) is 5.75 Å². The summed E-state index contributed by atoms with van der Waals surface area (Å²) in [5.74, 6) is 0.00948. The van der Waals surface area contributed by atoms with Gasteiger partial charge in [-0.1, -0.05) is 29.8 Å². The zero-order valence-corrected chi connectivity index (χ0v) is 13.4. The maximum atomic E-state index is 14.4. The quantitative estimate of drug-likeness (QED) is 0.766. The van der Waals surface area contributed by atoms with E-state index in [2.05, 4.69) is 20.1 Å². The van der Waals surface area contributed by atoms with Gasteiger partial charge in [0.25, 0.3) is 0 Å². The van der Waals surface area contributed by atoms with E-state index in [-0.39, 0.29) is 23.1 Å². The van der Waals surface area contributed by atoms with Gasteiger partial charge >= 0.3 is 6.61 Å². The molecule has 3 aromatic rings. The second-order valence-electron chi connectivity index (χ2n) is 5.53. The van der Waals surface area contributed by atoms with Crippen LogP contribution in [-0.4, -0.2) is 27.8 Å². The van der Waals surface area contributed by atoms with E-state index in [0.717, 1.165) is 0 Å². The molecule has 0 aliphatic carbocycles. The van der Waals surface area contributed by atoms with Crippen molar-refractivity contribution in [1.29, 1.82) is 0 Å². The number of hydrogen-bond donors (Lipinski definition) is 1. The molecule has 1 aromatic carbocycles. The first-order chi connectivity index (χ1) is 12.0. The Balaban J connectivity index is 1.91. The second kappa shape index (κ2) is 6.20. The first-order valence-electron chi connectivity index (χ1n) is 7.51. The molecule has 0 saturated carbocycles. The Hall–Kier alpha value is -2.32. The molecule has 4 rings (SSSR count). The van der Waals surface area contributed by atoms with Crippen molar-refractivity contribution in [2.75, 3.05) is 6.54 Å². The van der Waals surface area contributed by atoms with Crippen molar-refractivity contribution in [2.24, 2.45) is 0 Å². The van der Waals surface area contributed by atoms with Crippen LogP contribution in [0.4, 0.5) is 13.2 Å². The van der Waals surface area contributed by atoms with Crippen LogP contribution in [0.5, 0.6) is 5.75 Å². The molecule has 2 aromatic heterocycles. The smallest absolute Gasteiger partial charge is 0.387 e. The van der Waals surface area contributed by atoms with Crippen molar-refractivity contribution in [3.05, 3.63) is 58.5 Å². The number of halogens is 4. The van der Waals surface area contributed by atoms with E-state index in [1.807, 2.05) is 0 Å². The normalized spacial score (nSPS) is 20.0. The van der Waals surface area contributed by atoms with E-state index in [4.69, 9.17) is 11.6 Å². The van der Waals surface area contributed by atoms with Crippen LogP contribution in [-0.2, 0) is 0 Å². The molecule has 0 unspecified atom stereocenters. The molecule has 0 radical (unpaired) electrons. The monoisotopic (exact) mass is 368 g/mol. The number of rotatable bonds is 3. The van der Waals surface area contributed by atoms with Gasteiger partial charge in [-0.25, -0.2) is 13.9 Å². The molecule has 130 valence electrons. The predicted molar refractivity (Wildman–Crippen MR) is 84.8 cm³/mol. The lowest BCUT2D eigenvalue weighted by molar-refractivity contribution is -0.0506. The highest BCUT2D eigenvalue weighted by atomic mass is 35.5. The molecule has 2 atom stereocenters. The first kappa shape index (κ1) is 16.2. The molecular weight excluding hydrogens is 357 g/mol. The summed E-state index contributed by atoms with van der Waals surface area (Å²) in [4.78, 5) is 4.28. The molecule has 0 bridgehead atoms. The molecule has 9 heteroatoms. The van der Waals surface area contributed by atoms with Gasteiger partial charge in [-0.15, -0.1) is 0 Å². The lowest BCUT2D eigenvalue weighted by Crippen LogP contribution is -2.33. The third-order valence-electron chi connectivity index (χ3n) is 4.03. The summed E-state index contributed by atoms with van der Waals surface area (Å²) in [5, 5.41) is 7.40. The summed E-state index contributed by atoms with van der Waals surface area (Å²) < 4.78 is 45.8. The average molecular weight is 369 g/mol. The number of ether oxygens (including phenoxy) is 1. The standard InChI is InChI=1S/C16H12ClF3N4O/c17-11-5-6-12-22-14-9(18)7-21-13(15(14)24(12)23-11)8-3-1-2-4-10(8)25-16(19)20/h1-6,9,13,16,21H,7H2/t9-,13-/m1/s1. The van der Waals surface area contributed by atoms with Gasteiger partial charge in [0.05, 0.1) is 11.7 Å². The number of para-hydroxylation sites is 1. The predicted octanol–water partition coefficient (Wildman–Crippen LogP) is 3.69. The SMILES string of the molecule is FC(F)Oc1ccccc1[C@H]1NC[C@@H](F)c2nc3ccc(Cl)nn3c21. The zero-order valence-electron chi connectivity index (χ0n) is 12.7. The maximum Gasteiger partial charge on any atom is 0.387 e. The summed E-state index contributed by atoms with van der Waals surface area (Å²) >= 11 is 5.95. The topological polar surface area (TPSA) is 51.5 Å². The van der Waals surface area contributed by atoms with E-state index in [9.17, 15) is 13.2 Å². The van der Waals surface area contributed by atoms with Crippen LogP contribution in [0.25, 0.3) is 5.65 Å². The van der Waals surface area contributed by atoms with Gasteiger partial charge in [0, 0.05) is 12.1 Å². The molecule has 0 fully saturated rings. The Labute approximate surface area is 145 Å². The van der Waals surface area contributed by atoms with Crippen LogP contribution >= 0.6 is 11.6 Å². The van der Waals surface area contributed by atoms with Gasteiger partial charge in [-0.2, -0.15) is 13.9 Å². The Morgan fingerprint density at radius 2 is 2.04 bits per heavy atom. The molecule has 1 aliphatic rings. The average Bonchev–Trinajstić information content (AvgIpc) is 2.95. The van der Waals surface area contributed by atoms with Crippen molar-refractivity contribution in [2.45, 2.75) is 18.8 Å². The zero-order chi connectivity index (χ0) is 17.6. The van der Waals surface area contributed by atoms with E-state index in [1.165, 1.54) is 10.6 Å². The van der Waals surface area contributed by atoms with E-state index in [0.29, 0.717) is 16.9 Å². The number of fused-ring (bicyclic) bond motifs is 3. The Bertz CT molecular complexity index is 933. The number of nitrogens with zero attached hydrogens (tertiary/aromatic N) is 3. The Morgan fingerprint density at radius 3 is 2.84 bits per heavy atom. The van der Waals surface area contributed by atoms with Crippen molar-refractivity contribution >= 4 is 17.2 Å². The number of benzene rings is 1. The van der Waals surface area contributed by atoms with Crippen molar-refractivity contribution in [1.82, 2.24) is 19.9 Å². The summed E-state index contributed by atoms with van der Waals surface area (Å²) in [7, 11) is 0. The van der Waals surface area contributed by atoms with Crippen LogP contribution in [0.2, 0.25) is 5.15 Å². The highest BCUT2D eigenvalue weighted by molar-refractivity contribution is 6.29. The van der Waals surface area contributed by atoms with Crippen LogP contribution in [0.3, 0.4) is 0 Å². The molecule has 3 heterocycles. The van der Waals surface area contributed by atoms with Crippen LogP contribution in [0, 0.1) is 0 Å². The van der Waals surface area contributed by atoms with Crippen molar-refractivity contribution in [3.63, 3.8) is 0 Å². The van der Waals surface area contributed by atoms with Crippen LogP contribution in [0.1, 0.15) is 29.2 Å². The number of alkyl halides is 3. The molecule has 1 aliphatic heterocycles. The lowest BCUT2D eigenvalue weighted by atomic mass is 9.96. The highest BCUT2D eigenvalue weighted by Crippen LogP contribution is 2.38. The minimum Gasteiger partial charge on any atom is -0.434 e. The summed E-state index contributed by atoms with van der Waals surface area (Å²) in [6.07, 6.45) is -1.34. The minimum absolute atomic E-state index is 0.00169. The fraction of sp³-hybridized carbons (Fsp3) is 0.250. The number of nitrogens with one attached hydrogen (secondary N) is 1. The fourth-order valence-electron chi connectivity index (χ4n) is 3.04. The summed E-state index contributed by atoms with van der Waals surface area (Å²) in [6, 6.07) is 8.93. The number of aromatic nitrogens is 3. The van der Waals surface area contributed by atoms with E-state index >= 15 is 0 Å². The van der Waals surface area contributed by atoms with Gasteiger partial charge in [0.1, 0.15) is 16.6 Å². The number of imidazole rings is 1. The maximum absolute atomic E-state index is 14.4. The molecule has 0 spiro atoms.